The molecular weight excluding hydrogens is 685 g/mol. The first-order chi connectivity index (χ1) is 25.1. The summed E-state index contributed by atoms with van der Waals surface area (Å²) in [5.41, 5.74) is -0.349. The number of fused-ring (bicyclic) bond motifs is 3. The molecule has 12 nitrogen and oxygen atoms in total. The zero-order chi connectivity index (χ0) is 36.5. The van der Waals surface area contributed by atoms with E-state index in [0.29, 0.717) is 25.3 Å². The summed E-state index contributed by atoms with van der Waals surface area (Å²) in [6.45, 7) is 4.18. The lowest BCUT2D eigenvalue weighted by molar-refractivity contribution is -0.152. The molecule has 7 rings (SSSR count). The summed E-state index contributed by atoms with van der Waals surface area (Å²) in [5, 5.41) is 4.06. The third kappa shape index (κ3) is 7.84. The van der Waals surface area contributed by atoms with E-state index in [2.05, 4.69) is 39.8 Å². The molecule has 1 saturated heterocycles. The number of esters is 1. The molecule has 2 aliphatic heterocycles. The van der Waals surface area contributed by atoms with Crippen LogP contribution in [-0.4, -0.2) is 78.1 Å². The van der Waals surface area contributed by atoms with Crippen molar-refractivity contribution in [1.29, 1.82) is 0 Å². The average molecular weight is 735 g/mol. The smallest absolute Gasteiger partial charge is 0.306 e. The summed E-state index contributed by atoms with van der Waals surface area (Å²) in [6.07, 6.45) is 12.9. The van der Waals surface area contributed by atoms with E-state index in [1.54, 1.807) is 6.20 Å². The third-order valence-corrected chi connectivity index (χ3v) is 13.5. The molecule has 5 atom stereocenters. The molecule has 0 unspecified atom stereocenters. The van der Waals surface area contributed by atoms with Gasteiger partial charge >= 0.3 is 5.97 Å². The van der Waals surface area contributed by atoms with Crippen LogP contribution in [0.25, 0.3) is 10.8 Å². The third-order valence-electron chi connectivity index (χ3n) is 11.7. The first-order valence-electron chi connectivity index (χ1n) is 19.1. The normalized spacial score (nSPS) is 29.3. The van der Waals surface area contributed by atoms with Gasteiger partial charge in [0.1, 0.15) is 17.7 Å². The molecule has 3 aliphatic carbocycles. The fraction of sp³-hybridized carbons (Fsp3) is 0.615. The maximum atomic E-state index is 14.7. The van der Waals surface area contributed by atoms with Crippen molar-refractivity contribution in [1.82, 2.24) is 19.9 Å². The second-order valence-corrected chi connectivity index (χ2v) is 17.4. The average Bonchev–Trinajstić information content (AvgIpc) is 4.07. The number of benzene rings is 1. The van der Waals surface area contributed by atoms with Gasteiger partial charge in [0.2, 0.25) is 27.7 Å². The molecular formula is C39H50N4O8S. The van der Waals surface area contributed by atoms with E-state index >= 15 is 0 Å². The fourth-order valence-corrected chi connectivity index (χ4v) is 9.77. The lowest BCUT2D eigenvalue weighted by Crippen LogP contribution is -2.57. The summed E-state index contributed by atoms with van der Waals surface area (Å²) < 4.78 is 39.9. The van der Waals surface area contributed by atoms with Gasteiger partial charge in [-0.05, 0) is 80.4 Å². The summed E-state index contributed by atoms with van der Waals surface area (Å²) in [5.74, 6) is -2.88. The standard InChI is InChI=1S/C39H50N4O8S/c1-2-28-23-39(28,38(47)42-52(48,49)30-15-16-30)41-35(45)33-21-29-24-43(33)37(46)32(26-11-7-5-8-12-26)22-34(44)50-19-9-4-3-6-10-25-13-14-27-17-18-40-36(51-29)31(27)20-25/h2,13-14,17-18,20,26,28-30,32-33H,1,3-12,15-16,19,21-24H2,(H,41,45)(H,42,47)/t28-,29+,32-,33-,39+/m0/s1. The SMILES string of the molecule is C=C[C@H]1C[C@]1(NC(=O)[C@@H]1C[C@@H]2CN1C(=O)[C@H](C1CCCCC1)CC(=O)OCCCCCCc1ccc3ccnc(c3c1)O2)C(=O)NS(=O)(=O)C1CC1. The molecule has 0 spiro atoms. The number of carbonyl (C=O) groups is 4. The molecule has 4 fully saturated rings. The number of hydrogen-bond acceptors (Lipinski definition) is 9. The minimum atomic E-state index is -3.87. The van der Waals surface area contributed by atoms with Crippen molar-refractivity contribution in [2.75, 3.05) is 13.2 Å². The summed E-state index contributed by atoms with van der Waals surface area (Å²) >= 11 is 0. The van der Waals surface area contributed by atoms with Crippen molar-refractivity contribution in [2.24, 2.45) is 17.8 Å². The monoisotopic (exact) mass is 734 g/mol. The van der Waals surface area contributed by atoms with E-state index in [-0.39, 0.29) is 37.6 Å². The van der Waals surface area contributed by atoms with E-state index < -0.39 is 62.6 Å². The number of ether oxygens (including phenoxy) is 2. The van der Waals surface area contributed by atoms with Gasteiger partial charge in [0.15, 0.2) is 0 Å². The molecule has 2 N–H and O–H groups in total. The lowest BCUT2D eigenvalue weighted by atomic mass is 9.77. The van der Waals surface area contributed by atoms with E-state index in [9.17, 15) is 27.6 Å². The Morgan fingerprint density at radius 3 is 2.52 bits per heavy atom. The zero-order valence-corrected chi connectivity index (χ0v) is 30.5. The maximum absolute atomic E-state index is 14.7. The van der Waals surface area contributed by atoms with Crippen molar-refractivity contribution < 1.29 is 37.1 Å². The number of nitrogens with one attached hydrogen (secondary N) is 2. The van der Waals surface area contributed by atoms with Crippen LogP contribution in [0.1, 0.15) is 95.5 Å². The molecule has 3 amide bonds. The number of pyridine rings is 1. The molecule has 2 aromatic rings. The van der Waals surface area contributed by atoms with Gasteiger partial charge in [0.25, 0.3) is 5.91 Å². The van der Waals surface area contributed by atoms with Crippen molar-refractivity contribution in [3.63, 3.8) is 0 Å². The largest absolute Gasteiger partial charge is 0.472 e. The fourth-order valence-electron chi connectivity index (χ4n) is 8.40. The van der Waals surface area contributed by atoms with Gasteiger partial charge in [0.05, 0.1) is 30.7 Å². The Labute approximate surface area is 305 Å². The minimum Gasteiger partial charge on any atom is -0.472 e. The van der Waals surface area contributed by atoms with Gasteiger partial charge in [0, 0.05) is 23.9 Å². The first-order valence-corrected chi connectivity index (χ1v) is 20.6. The number of hydrogen-bond donors (Lipinski definition) is 2. The zero-order valence-electron chi connectivity index (χ0n) is 29.7. The predicted molar refractivity (Wildman–Crippen MR) is 193 cm³/mol. The van der Waals surface area contributed by atoms with Crippen LogP contribution in [-0.2, 0) is 40.4 Å². The van der Waals surface area contributed by atoms with E-state index in [1.165, 1.54) is 11.0 Å². The van der Waals surface area contributed by atoms with Crippen molar-refractivity contribution in [2.45, 2.75) is 119 Å². The number of aromatic nitrogens is 1. The van der Waals surface area contributed by atoms with E-state index in [1.807, 2.05) is 6.07 Å². The molecule has 1 aromatic carbocycles. The Bertz CT molecular complexity index is 1820. The highest BCUT2D eigenvalue weighted by atomic mass is 32.2. The number of rotatable bonds is 7. The van der Waals surface area contributed by atoms with Crippen LogP contribution in [0.5, 0.6) is 5.88 Å². The van der Waals surface area contributed by atoms with Gasteiger partial charge in [-0.15, -0.1) is 6.58 Å². The minimum absolute atomic E-state index is 0.0388. The van der Waals surface area contributed by atoms with Crippen LogP contribution < -0.4 is 14.8 Å². The summed E-state index contributed by atoms with van der Waals surface area (Å²) in [4.78, 5) is 61.9. The number of amides is 3. The first kappa shape index (κ1) is 36.4. The Kier molecular flexibility index (Phi) is 10.6. The van der Waals surface area contributed by atoms with Crippen LogP contribution >= 0.6 is 0 Å². The molecule has 1 aromatic heterocycles. The molecule has 4 bridgehead atoms. The predicted octanol–water partition coefficient (Wildman–Crippen LogP) is 4.50. The van der Waals surface area contributed by atoms with Gasteiger partial charge < -0.3 is 19.7 Å². The van der Waals surface area contributed by atoms with E-state index in [4.69, 9.17) is 9.47 Å². The van der Waals surface area contributed by atoms with Gasteiger partial charge in [-0.2, -0.15) is 0 Å². The summed E-state index contributed by atoms with van der Waals surface area (Å²) in [6, 6.07) is 7.14. The molecule has 5 aliphatic rings. The maximum Gasteiger partial charge on any atom is 0.306 e. The van der Waals surface area contributed by atoms with Crippen LogP contribution in [0, 0.1) is 17.8 Å². The second-order valence-electron chi connectivity index (χ2n) is 15.4. The Hall–Kier alpha value is -4.00. The number of aryl methyl sites for hydroxylation is 1. The van der Waals surface area contributed by atoms with Gasteiger partial charge in [-0.3, -0.25) is 23.9 Å². The van der Waals surface area contributed by atoms with Crippen LogP contribution in [0.3, 0.4) is 0 Å². The second kappa shape index (κ2) is 15.2. The number of nitrogens with zero attached hydrogens (tertiary/aromatic N) is 2. The number of cyclic esters (lactones) is 1. The molecule has 3 saturated carbocycles. The summed E-state index contributed by atoms with van der Waals surface area (Å²) in [7, 11) is -3.87. The Balaban J connectivity index is 1.20. The number of carbonyl (C=O) groups excluding carboxylic acids is 4. The molecule has 13 heteroatoms. The molecule has 52 heavy (non-hydrogen) atoms. The van der Waals surface area contributed by atoms with Crippen molar-refractivity contribution >= 4 is 44.5 Å². The molecule has 0 radical (unpaired) electrons. The van der Waals surface area contributed by atoms with Crippen molar-refractivity contribution in [3.8, 4) is 5.88 Å². The van der Waals surface area contributed by atoms with Gasteiger partial charge in [-0.25, -0.2) is 13.4 Å². The molecule has 3 heterocycles. The van der Waals surface area contributed by atoms with Crippen molar-refractivity contribution in [3.05, 3.63) is 48.7 Å². The van der Waals surface area contributed by atoms with E-state index in [0.717, 1.165) is 80.5 Å². The van der Waals surface area contributed by atoms with Crippen LogP contribution in [0.2, 0.25) is 0 Å². The highest BCUT2D eigenvalue weighted by Crippen LogP contribution is 2.46. The number of sulfonamides is 1. The van der Waals surface area contributed by atoms with Crippen LogP contribution in [0.4, 0.5) is 0 Å². The highest BCUT2D eigenvalue weighted by molar-refractivity contribution is 7.91. The van der Waals surface area contributed by atoms with Gasteiger partial charge in [-0.1, -0.05) is 50.3 Å². The van der Waals surface area contributed by atoms with Crippen LogP contribution in [0.15, 0.2) is 43.1 Å². The highest BCUT2D eigenvalue weighted by Gasteiger charge is 2.62. The topological polar surface area (TPSA) is 161 Å². The molecule has 280 valence electrons. The lowest BCUT2D eigenvalue weighted by Gasteiger charge is -2.34. The Morgan fingerprint density at radius 1 is 1.00 bits per heavy atom. The Morgan fingerprint density at radius 2 is 1.77 bits per heavy atom. The quantitative estimate of drug-likeness (QED) is 0.308.